The number of hydrogen-bond acceptors (Lipinski definition) is 11. The molecule has 0 aliphatic carbocycles. The number of carbonyl (C=O) groups excluding carboxylic acids is 2. The van der Waals surface area contributed by atoms with Gasteiger partial charge in [0.15, 0.2) is 12.2 Å². The van der Waals surface area contributed by atoms with Gasteiger partial charge in [0.1, 0.15) is 24.5 Å². The molecule has 4 rings (SSSR count). The molecule has 2 amide bonds. The van der Waals surface area contributed by atoms with Crippen molar-refractivity contribution in [3.8, 4) is 5.88 Å². The van der Waals surface area contributed by atoms with Gasteiger partial charge in [-0.2, -0.15) is 0 Å². The number of phosphoric acid groups is 1. The van der Waals surface area contributed by atoms with Crippen molar-refractivity contribution in [2.24, 2.45) is 0 Å². The molecule has 1 fully saturated rings. The van der Waals surface area contributed by atoms with Crippen molar-refractivity contribution in [3.05, 3.63) is 47.7 Å². The van der Waals surface area contributed by atoms with Crippen molar-refractivity contribution in [1.29, 1.82) is 0 Å². The number of rotatable bonds is 12. The first-order chi connectivity index (χ1) is 22.6. The molecule has 16 heteroatoms. The van der Waals surface area contributed by atoms with Crippen molar-refractivity contribution in [2.75, 3.05) is 37.7 Å². The largest absolute Gasteiger partial charge is 0.476 e. The first kappa shape index (κ1) is 38.4. The van der Waals surface area contributed by atoms with Crippen LogP contribution in [0.15, 0.2) is 35.1 Å². The molecular weight excluding hydrogens is 667 g/mol. The average molecular weight is 714 g/mol. The normalized spacial score (nSPS) is 18.4. The molecule has 0 bridgehead atoms. The van der Waals surface area contributed by atoms with Crippen LogP contribution in [0.4, 0.5) is 19.3 Å². The second kappa shape index (κ2) is 14.9. The lowest BCUT2D eigenvalue weighted by molar-refractivity contribution is -0.147. The molecule has 0 spiro atoms. The molecule has 0 N–H and O–H groups in total. The van der Waals surface area contributed by atoms with E-state index in [1.165, 1.54) is 17.2 Å². The second-order valence-corrected chi connectivity index (χ2v) is 16.2. The minimum absolute atomic E-state index is 0.00532. The van der Waals surface area contributed by atoms with Crippen molar-refractivity contribution in [3.63, 3.8) is 0 Å². The zero-order valence-corrected chi connectivity index (χ0v) is 30.3. The highest BCUT2D eigenvalue weighted by Gasteiger charge is 2.43. The summed E-state index contributed by atoms with van der Waals surface area (Å²) in [6.45, 7) is 15.3. The maximum atomic E-state index is 15.5. The molecule has 2 aliphatic heterocycles. The smallest absolute Gasteiger partial charge is 0.471 e. The van der Waals surface area contributed by atoms with Crippen molar-refractivity contribution in [1.82, 2.24) is 10.1 Å². The molecule has 0 saturated carbocycles. The number of nitrogens with zero attached hydrogens (tertiary/aromatic N) is 3. The molecule has 13 nitrogen and oxygen atoms in total. The fourth-order valence-electron chi connectivity index (χ4n) is 4.96. The van der Waals surface area contributed by atoms with Crippen molar-refractivity contribution >= 4 is 31.1 Å². The summed E-state index contributed by atoms with van der Waals surface area (Å²) in [6, 6.07) is 3.62. The zero-order valence-electron chi connectivity index (χ0n) is 29.4. The number of aromatic nitrogens is 1. The van der Waals surface area contributed by atoms with Crippen molar-refractivity contribution < 1.29 is 55.2 Å². The van der Waals surface area contributed by atoms with Crippen LogP contribution in [0.25, 0.3) is 5.57 Å². The van der Waals surface area contributed by atoms with Gasteiger partial charge in [0.2, 0.25) is 0 Å². The second-order valence-electron chi connectivity index (χ2n) is 14.7. The molecule has 272 valence electrons. The summed E-state index contributed by atoms with van der Waals surface area (Å²) in [5, 5.41) is 3.62. The summed E-state index contributed by atoms with van der Waals surface area (Å²) < 4.78 is 83.4. The van der Waals surface area contributed by atoms with Crippen molar-refractivity contribution in [2.45, 2.75) is 97.7 Å². The minimum Gasteiger partial charge on any atom is -0.471 e. The fraction of sp³-hybridized carbons (Fsp3) is 0.606. The van der Waals surface area contributed by atoms with Gasteiger partial charge < -0.3 is 23.6 Å². The van der Waals surface area contributed by atoms with E-state index in [4.69, 9.17) is 32.3 Å². The lowest BCUT2D eigenvalue weighted by atomic mass is 9.97. The summed E-state index contributed by atoms with van der Waals surface area (Å²) in [4.78, 5) is 28.9. The predicted molar refractivity (Wildman–Crippen MR) is 175 cm³/mol. The third-order valence-corrected chi connectivity index (χ3v) is 8.91. The van der Waals surface area contributed by atoms with Crippen LogP contribution < -0.4 is 9.64 Å². The molecule has 3 heterocycles. The maximum absolute atomic E-state index is 15.5. The van der Waals surface area contributed by atoms with E-state index in [9.17, 15) is 14.2 Å². The topological polar surface area (TPSA) is 139 Å². The van der Waals surface area contributed by atoms with Crippen LogP contribution in [0, 0.1) is 11.6 Å². The summed E-state index contributed by atoms with van der Waals surface area (Å²) in [7, 11) is -4.31. The van der Waals surface area contributed by atoms with E-state index in [0.29, 0.717) is 5.57 Å². The number of benzene rings is 1. The monoisotopic (exact) mass is 713 g/mol. The fourth-order valence-corrected chi connectivity index (χ4v) is 6.88. The standard InChI is InChI=1S/C33H46F2N3O10P/c1-31(2,3)43-20-26(46-49(41,47-32(4,5)6)48-33(7,8)9)29(39)37-13-10-21(11-14-37)28-24(34)16-22(17-25(28)35)38-18-23(45-30(38)40)19-42-27-12-15-44-36-27/h10,12,15-17,23,26H,11,13-14,18-20H2,1-9H3/t23-,26+/m1/s1. The van der Waals surface area contributed by atoms with Gasteiger partial charge in [-0.15, -0.1) is 0 Å². The number of hydrogen-bond donors (Lipinski definition) is 0. The van der Waals surface area contributed by atoms with E-state index in [1.807, 2.05) is 0 Å². The molecule has 0 radical (unpaired) electrons. The lowest BCUT2D eigenvalue weighted by Gasteiger charge is -2.35. The SMILES string of the molecule is CC(C)(C)OC[C@H](OP(=O)(OC(C)(C)C)OC(C)(C)C)C(=O)N1CC=C(c2c(F)cc(N3C[C@H](COc4ccon4)OC3=O)cc2F)CC1. The Morgan fingerprint density at radius 3 is 2.18 bits per heavy atom. The highest BCUT2D eigenvalue weighted by molar-refractivity contribution is 7.48. The number of halogens is 2. The first-order valence-corrected chi connectivity index (χ1v) is 17.4. The third kappa shape index (κ3) is 11.1. The Kier molecular flexibility index (Phi) is 11.7. The van der Waals surface area contributed by atoms with Gasteiger partial charge in [0.25, 0.3) is 11.8 Å². The molecule has 0 unspecified atom stereocenters. The van der Waals surface area contributed by atoms with E-state index in [-0.39, 0.29) is 56.4 Å². The predicted octanol–water partition coefficient (Wildman–Crippen LogP) is 6.91. The van der Waals surface area contributed by atoms with Crippen LogP contribution in [-0.2, 0) is 32.4 Å². The number of cyclic esters (lactones) is 1. The van der Waals surface area contributed by atoms with Gasteiger partial charge in [0, 0.05) is 24.7 Å². The van der Waals surface area contributed by atoms with Crippen LogP contribution in [0.1, 0.15) is 74.3 Å². The summed E-state index contributed by atoms with van der Waals surface area (Å²) >= 11 is 0. The first-order valence-electron chi connectivity index (χ1n) is 15.9. The van der Waals surface area contributed by atoms with Gasteiger partial charge >= 0.3 is 13.9 Å². The van der Waals surface area contributed by atoms with E-state index >= 15 is 8.78 Å². The Hall–Kier alpha value is -3.36. The van der Waals surface area contributed by atoms with Crippen LogP contribution in [-0.4, -0.2) is 83.9 Å². The Balaban J connectivity index is 1.48. The summed E-state index contributed by atoms with van der Waals surface area (Å²) in [6.07, 6.45) is 0.131. The average Bonchev–Trinajstić information content (AvgIpc) is 3.60. The molecule has 1 aromatic heterocycles. The highest BCUT2D eigenvalue weighted by Crippen LogP contribution is 2.56. The van der Waals surface area contributed by atoms with Gasteiger partial charge in [0.05, 0.1) is 35.6 Å². The quantitative estimate of drug-likeness (QED) is 0.212. The van der Waals surface area contributed by atoms with Crippen LogP contribution in [0.5, 0.6) is 5.88 Å². The number of ether oxygens (including phenoxy) is 3. The van der Waals surface area contributed by atoms with Crippen LogP contribution in [0.3, 0.4) is 0 Å². The van der Waals surface area contributed by atoms with Gasteiger partial charge in [-0.05, 0) is 91.6 Å². The minimum atomic E-state index is -4.31. The molecule has 2 aromatic rings. The molecule has 2 atom stereocenters. The van der Waals surface area contributed by atoms with Crippen LogP contribution >= 0.6 is 7.82 Å². The van der Waals surface area contributed by atoms with E-state index < -0.39 is 60.5 Å². The van der Waals surface area contributed by atoms with Crippen LogP contribution in [0.2, 0.25) is 0 Å². The zero-order chi connectivity index (χ0) is 36.4. The number of phosphoric ester groups is 1. The van der Waals surface area contributed by atoms with Gasteiger partial charge in [-0.25, -0.2) is 18.1 Å². The molecule has 1 aromatic carbocycles. The number of amides is 2. The molecule has 2 aliphatic rings. The highest BCUT2D eigenvalue weighted by atomic mass is 31.2. The summed E-state index contributed by atoms with van der Waals surface area (Å²) in [5.41, 5.74) is -2.46. The third-order valence-electron chi connectivity index (χ3n) is 6.86. The molecule has 1 saturated heterocycles. The van der Waals surface area contributed by atoms with E-state index in [0.717, 1.165) is 17.0 Å². The maximum Gasteiger partial charge on any atom is 0.476 e. The number of anilines is 1. The Labute approximate surface area is 285 Å². The Morgan fingerprint density at radius 2 is 1.67 bits per heavy atom. The van der Waals surface area contributed by atoms with E-state index in [1.54, 1.807) is 68.4 Å². The van der Waals surface area contributed by atoms with E-state index in [2.05, 4.69) is 5.16 Å². The summed E-state index contributed by atoms with van der Waals surface area (Å²) in [5.74, 6) is -2.10. The number of carbonyl (C=O) groups is 2. The molecular formula is C33H46F2N3O10P. The van der Waals surface area contributed by atoms with Gasteiger partial charge in [-0.1, -0.05) is 6.08 Å². The molecule has 49 heavy (non-hydrogen) atoms. The lowest BCUT2D eigenvalue weighted by Crippen LogP contribution is -2.45. The Bertz CT molecular complexity index is 1520. The Morgan fingerprint density at radius 1 is 1.04 bits per heavy atom. The van der Waals surface area contributed by atoms with Gasteiger partial charge in [-0.3, -0.25) is 23.3 Å².